The minimum absolute atomic E-state index is 0.0275. The first-order valence-electron chi connectivity index (χ1n) is 7.84. The summed E-state index contributed by atoms with van der Waals surface area (Å²) in [6.07, 6.45) is 0.186. The second-order valence-corrected chi connectivity index (χ2v) is 6.03. The fourth-order valence-electron chi connectivity index (χ4n) is 2.89. The summed E-state index contributed by atoms with van der Waals surface area (Å²) in [4.78, 5) is 36.9. The number of hydrogen-bond acceptors (Lipinski definition) is 4. The zero-order valence-electron chi connectivity index (χ0n) is 13.9. The van der Waals surface area contributed by atoms with Crippen LogP contribution in [0.2, 0.25) is 0 Å². The second kappa shape index (κ2) is 6.35. The highest BCUT2D eigenvalue weighted by atomic mass is 16.6. The summed E-state index contributed by atoms with van der Waals surface area (Å²) in [7, 11) is 0. The van der Waals surface area contributed by atoms with Crippen LogP contribution in [-0.2, 0) is 4.79 Å². The summed E-state index contributed by atoms with van der Waals surface area (Å²) in [6, 6.07) is 9.78. The molecule has 0 saturated carbocycles. The summed E-state index contributed by atoms with van der Waals surface area (Å²) in [5, 5.41) is 13.8. The molecule has 7 heteroatoms. The lowest BCUT2D eigenvalue weighted by Crippen LogP contribution is -2.32. The molecule has 25 heavy (non-hydrogen) atoms. The molecule has 0 bridgehead atoms. The van der Waals surface area contributed by atoms with Gasteiger partial charge in [-0.3, -0.25) is 19.7 Å². The number of fused-ring (bicyclic) bond motifs is 1. The SMILES string of the molecule is Cc1ccc2c(c1)NC(=O)CCN2C(=O)c1ccc([N+](=O)[O-])c(C)c1. The van der Waals surface area contributed by atoms with Gasteiger partial charge in [-0.2, -0.15) is 0 Å². The van der Waals surface area contributed by atoms with Crippen LogP contribution in [0.1, 0.15) is 27.9 Å². The molecule has 0 saturated heterocycles. The molecule has 1 aliphatic rings. The monoisotopic (exact) mass is 339 g/mol. The highest BCUT2D eigenvalue weighted by Gasteiger charge is 2.26. The molecule has 2 amide bonds. The quantitative estimate of drug-likeness (QED) is 0.672. The maximum atomic E-state index is 13.0. The molecule has 1 N–H and O–H groups in total. The number of nitro groups is 1. The Bertz CT molecular complexity index is 892. The molecule has 0 fully saturated rings. The van der Waals surface area contributed by atoms with E-state index in [0.29, 0.717) is 22.5 Å². The van der Waals surface area contributed by atoms with Crippen molar-refractivity contribution in [3.8, 4) is 0 Å². The fourth-order valence-corrected chi connectivity index (χ4v) is 2.89. The van der Waals surface area contributed by atoms with Crippen molar-refractivity contribution in [2.24, 2.45) is 0 Å². The van der Waals surface area contributed by atoms with E-state index in [0.717, 1.165) is 5.56 Å². The molecule has 0 unspecified atom stereocenters. The van der Waals surface area contributed by atoms with E-state index < -0.39 is 4.92 Å². The lowest BCUT2D eigenvalue weighted by molar-refractivity contribution is -0.385. The number of aryl methyl sites for hydroxylation is 2. The van der Waals surface area contributed by atoms with Crippen LogP contribution < -0.4 is 10.2 Å². The van der Waals surface area contributed by atoms with Crippen molar-refractivity contribution in [2.75, 3.05) is 16.8 Å². The third-order valence-corrected chi connectivity index (χ3v) is 4.17. The summed E-state index contributed by atoms with van der Waals surface area (Å²) in [5.74, 6) is -0.443. The maximum absolute atomic E-state index is 13.0. The Hall–Kier alpha value is -3.22. The molecule has 0 aromatic heterocycles. The first-order valence-corrected chi connectivity index (χ1v) is 7.84. The van der Waals surface area contributed by atoms with Gasteiger partial charge >= 0.3 is 0 Å². The molecule has 0 aliphatic carbocycles. The lowest BCUT2D eigenvalue weighted by atomic mass is 10.1. The van der Waals surface area contributed by atoms with Crippen molar-refractivity contribution >= 4 is 28.9 Å². The van der Waals surface area contributed by atoms with Crippen LogP contribution in [0.3, 0.4) is 0 Å². The number of hydrogen-bond donors (Lipinski definition) is 1. The Balaban J connectivity index is 2.01. The molecule has 0 radical (unpaired) electrons. The fraction of sp³-hybridized carbons (Fsp3) is 0.222. The largest absolute Gasteiger partial charge is 0.324 e. The Morgan fingerprint density at radius 1 is 1.20 bits per heavy atom. The van der Waals surface area contributed by atoms with Crippen molar-refractivity contribution in [1.82, 2.24) is 0 Å². The molecule has 1 heterocycles. The summed E-state index contributed by atoms with van der Waals surface area (Å²) in [6.45, 7) is 3.75. The van der Waals surface area contributed by atoms with Crippen LogP contribution in [0, 0.1) is 24.0 Å². The van der Waals surface area contributed by atoms with Gasteiger partial charge in [0.1, 0.15) is 0 Å². The number of nitro benzene ring substituents is 1. The van der Waals surface area contributed by atoms with Gasteiger partial charge in [-0.25, -0.2) is 0 Å². The number of amides is 2. The average molecular weight is 339 g/mol. The van der Waals surface area contributed by atoms with E-state index in [9.17, 15) is 19.7 Å². The zero-order valence-corrected chi connectivity index (χ0v) is 13.9. The van der Waals surface area contributed by atoms with Crippen LogP contribution in [-0.4, -0.2) is 23.3 Å². The number of nitrogens with one attached hydrogen (secondary N) is 1. The van der Waals surface area contributed by atoms with Gasteiger partial charge in [-0.15, -0.1) is 0 Å². The zero-order chi connectivity index (χ0) is 18.1. The lowest BCUT2D eigenvalue weighted by Gasteiger charge is -2.22. The van der Waals surface area contributed by atoms with Crippen LogP contribution in [0.4, 0.5) is 17.1 Å². The summed E-state index contributed by atoms with van der Waals surface area (Å²) < 4.78 is 0. The predicted octanol–water partition coefficient (Wildman–Crippen LogP) is 3.20. The van der Waals surface area contributed by atoms with Crippen molar-refractivity contribution in [3.63, 3.8) is 0 Å². The molecule has 128 valence electrons. The molecular weight excluding hydrogens is 322 g/mol. The summed E-state index contributed by atoms with van der Waals surface area (Å²) in [5.41, 5.74) is 2.93. The normalized spacial score (nSPS) is 13.7. The highest BCUT2D eigenvalue weighted by molar-refractivity contribution is 6.10. The Morgan fingerprint density at radius 2 is 1.96 bits per heavy atom. The molecule has 7 nitrogen and oxygen atoms in total. The molecule has 0 atom stereocenters. The maximum Gasteiger partial charge on any atom is 0.272 e. The predicted molar refractivity (Wildman–Crippen MR) is 93.9 cm³/mol. The highest BCUT2D eigenvalue weighted by Crippen LogP contribution is 2.31. The minimum atomic E-state index is -0.476. The first-order chi connectivity index (χ1) is 11.9. The number of anilines is 2. The molecule has 3 rings (SSSR count). The average Bonchev–Trinajstić information content (AvgIpc) is 2.71. The molecular formula is C18H17N3O4. The Labute approximate surface area is 144 Å². The van der Waals surface area contributed by atoms with E-state index in [-0.39, 0.29) is 30.5 Å². The topological polar surface area (TPSA) is 92.6 Å². The van der Waals surface area contributed by atoms with Crippen molar-refractivity contribution in [1.29, 1.82) is 0 Å². The summed E-state index contributed by atoms with van der Waals surface area (Å²) >= 11 is 0. The van der Waals surface area contributed by atoms with Gasteiger partial charge < -0.3 is 10.2 Å². The molecule has 2 aromatic rings. The van der Waals surface area contributed by atoms with Gasteiger partial charge in [0.2, 0.25) is 5.91 Å². The van der Waals surface area contributed by atoms with Gasteiger partial charge in [0.25, 0.3) is 11.6 Å². The first kappa shape index (κ1) is 16.6. The van der Waals surface area contributed by atoms with Gasteiger partial charge in [0.15, 0.2) is 0 Å². The minimum Gasteiger partial charge on any atom is -0.324 e. The number of nitrogens with zero attached hydrogens (tertiary/aromatic N) is 2. The van der Waals surface area contributed by atoms with E-state index in [4.69, 9.17) is 0 Å². The Morgan fingerprint density at radius 3 is 2.64 bits per heavy atom. The van der Waals surface area contributed by atoms with Crippen LogP contribution >= 0.6 is 0 Å². The van der Waals surface area contributed by atoms with E-state index in [1.807, 2.05) is 19.1 Å². The van der Waals surface area contributed by atoms with Crippen LogP contribution in [0.5, 0.6) is 0 Å². The molecule has 1 aliphatic heterocycles. The number of carbonyl (C=O) groups is 2. The molecule has 0 spiro atoms. The number of carbonyl (C=O) groups excluding carboxylic acids is 2. The smallest absolute Gasteiger partial charge is 0.272 e. The Kier molecular flexibility index (Phi) is 4.22. The van der Waals surface area contributed by atoms with Gasteiger partial charge in [-0.1, -0.05) is 6.07 Å². The van der Waals surface area contributed by atoms with Crippen LogP contribution in [0.15, 0.2) is 36.4 Å². The standard InChI is InChI=1S/C18H17N3O4/c1-11-3-5-16-14(9-11)19-17(22)7-8-20(16)18(23)13-4-6-15(21(24)25)12(2)10-13/h3-6,9-10H,7-8H2,1-2H3,(H,19,22). The van der Waals surface area contributed by atoms with Crippen LogP contribution in [0.25, 0.3) is 0 Å². The van der Waals surface area contributed by atoms with Gasteiger partial charge in [0.05, 0.1) is 16.3 Å². The van der Waals surface area contributed by atoms with Gasteiger partial charge in [0, 0.05) is 30.2 Å². The number of benzene rings is 2. The van der Waals surface area contributed by atoms with E-state index in [1.165, 1.54) is 23.1 Å². The van der Waals surface area contributed by atoms with E-state index in [2.05, 4.69) is 5.32 Å². The third-order valence-electron chi connectivity index (χ3n) is 4.17. The molecule has 2 aromatic carbocycles. The second-order valence-electron chi connectivity index (χ2n) is 6.03. The van der Waals surface area contributed by atoms with E-state index >= 15 is 0 Å². The third kappa shape index (κ3) is 3.21. The number of rotatable bonds is 2. The van der Waals surface area contributed by atoms with Crippen molar-refractivity contribution in [2.45, 2.75) is 20.3 Å². The van der Waals surface area contributed by atoms with Gasteiger partial charge in [-0.05, 0) is 43.7 Å². The van der Waals surface area contributed by atoms with E-state index in [1.54, 1.807) is 13.0 Å². The van der Waals surface area contributed by atoms with Crippen molar-refractivity contribution < 1.29 is 14.5 Å². The van der Waals surface area contributed by atoms with Crippen molar-refractivity contribution in [3.05, 3.63) is 63.2 Å².